The van der Waals surface area contributed by atoms with Gasteiger partial charge in [-0.05, 0) is 65.9 Å². The van der Waals surface area contributed by atoms with E-state index in [0.717, 1.165) is 43.4 Å². The topological polar surface area (TPSA) is 18.5 Å². The molecule has 0 heterocycles. The molecule has 0 aliphatic rings. The van der Waals surface area contributed by atoms with Crippen LogP contribution in [0.2, 0.25) is 0 Å². The SMILES string of the molecule is CCCCCc1ccc(C(F)(F)Oc2ccc(-c3ccc(OC(F)(F)F)c(F)c3)cc2)cc1. The Bertz CT molecular complexity index is 1040. The van der Waals surface area contributed by atoms with Crippen LogP contribution in [0, 0.1) is 5.82 Å². The van der Waals surface area contributed by atoms with E-state index in [1.54, 1.807) is 12.1 Å². The summed E-state index contributed by atoms with van der Waals surface area (Å²) in [5.41, 5.74) is 1.35. The van der Waals surface area contributed by atoms with Gasteiger partial charge in [0.25, 0.3) is 0 Å². The summed E-state index contributed by atoms with van der Waals surface area (Å²) in [5.74, 6) is -2.27. The lowest BCUT2D eigenvalue weighted by molar-refractivity contribution is -0.275. The second kappa shape index (κ2) is 10.2. The van der Waals surface area contributed by atoms with Crippen molar-refractivity contribution >= 4 is 0 Å². The van der Waals surface area contributed by atoms with E-state index in [1.807, 2.05) is 0 Å². The summed E-state index contributed by atoms with van der Waals surface area (Å²) in [6.45, 7) is 2.09. The van der Waals surface area contributed by atoms with Gasteiger partial charge in [-0.3, -0.25) is 0 Å². The van der Waals surface area contributed by atoms with Crippen molar-refractivity contribution in [1.29, 1.82) is 0 Å². The predicted molar refractivity (Wildman–Crippen MR) is 113 cm³/mol. The Kier molecular flexibility index (Phi) is 7.56. The number of halogens is 6. The van der Waals surface area contributed by atoms with E-state index < -0.39 is 24.0 Å². The highest BCUT2D eigenvalue weighted by molar-refractivity contribution is 5.65. The fourth-order valence-corrected chi connectivity index (χ4v) is 3.25. The Balaban J connectivity index is 1.68. The van der Waals surface area contributed by atoms with Crippen LogP contribution in [0.1, 0.15) is 37.3 Å². The van der Waals surface area contributed by atoms with Crippen LogP contribution in [0.5, 0.6) is 11.5 Å². The molecule has 0 saturated carbocycles. The highest BCUT2D eigenvalue weighted by Crippen LogP contribution is 2.34. The van der Waals surface area contributed by atoms with E-state index in [2.05, 4.69) is 11.7 Å². The largest absolute Gasteiger partial charge is 0.573 e. The molecule has 0 saturated heterocycles. The molecule has 3 aromatic rings. The van der Waals surface area contributed by atoms with E-state index in [-0.39, 0.29) is 16.9 Å². The normalized spacial score (nSPS) is 12.0. The first-order chi connectivity index (χ1) is 15.6. The molecular formula is C25H22F6O2. The van der Waals surface area contributed by atoms with Gasteiger partial charge in [0, 0.05) is 0 Å². The first-order valence-corrected chi connectivity index (χ1v) is 10.4. The van der Waals surface area contributed by atoms with Crippen molar-refractivity contribution in [1.82, 2.24) is 0 Å². The molecule has 0 spiro atoms. The Labute approximate surface area is 187 Å². The third-order valence-electron chi connectivity index (χ3n) is 4.95. The maximum absolute atomic E-state index is 14.6. The molecule has 33 heavy (non-hydrogen) atoms. The molecule has 0 bridgehead atoms. The van der Waals surface area contributed by atoms with Crippen LogP contribution >= 0.6 is 0 Å². The quantitative estimate of drug-likeness (QED) is 0.233. The number of rotatable bonds is 9. The van der Waals surface area contributed by atoms with Gasteiger partial charge >= 0.3 is 12.5 Å². The summed E-state index contributed by atoms with van der Waals surface area (Å²) in [7, 11) is 0. The van der Waals surface area contributed by atoms with E-state index in [0.29, 0.717) is 5.56 Å². The number of hydrogen-bond donors (Lipinski definition) is 0. The molecule has 0 aromatic heterocycles. The molecule has 176 valence electrons. The summed E-state index contributed by atoms with van der Waals surface area (Å²) < 4.78 is 88.3. The predicted octanol–water partition coefficient (Wildman–Crippen LogP) is 8.25. The number of ether oxygens (including phenoxy) is 2. The van der Waals surface area contributed by atoms with Gasteiger partial charge < -0.3 is 9.47 Å². The molecule has 3 aromatic carbocycles. The molecule has 2 nitrogen and oxygen atoms in total. The summed E-state index contributed by atoms with van der Waals surface area (Å²) in [6, 6.07) is 14.3. The van der Waals surface area contributed by atoms with Crippen LogP contribution in [-0.4, -0.2) is 6.36 Å². The molecule has 0 N–H and O–H groups in total. The number of benzene rings is 3. The highest BCUT2D eigenvalue weighted by Gasteiger charge is 2.34. The van der Waals surface area contributed by atoms with Crippen molar-refractivity contribution in [3.63, 3.8) is 0 Å². The lowest BCUT2D eigenvalue weighted by Gasteiger charge is -2.19. The Morgan fingerprint density at radius 2 is 1.36 bits per heavy atom. The van der Waals surface area contributed by atoms with Crippen LogP contribution in [0.3, 0.4) is 0 Å². The average Bonchev–Trinajstić information content (AvgIpc) is 2.75. The van der Waals surface area contributed by atoms with Crippen molar-refractivity contribution in [3.8, 4) is 22.6 Å². The van der Waals surface area contributed by atoms with Crippen molar-refractivity contribution in [2.45, 2.75) is 45.1 Å². The Hall–Kier alpha value is -3.16. The maximum atomic E-state index is 14.6. The van der Waals surface area contributed by atoms with Gasteiger partial charge in [0.1, 0.15) is 5.75 Å². The van der Waals surface area contributed by atoms with Crippen LogP contribution in [0.4, 0.5) is 26.3 Å². The standard InChI is InChI=1S/C25H22F6O2/c1-2-3-4-5-17-6-11-20(12-7-17)24(27,28)32-21-13-8-18(9-14-21)19-10-15-23(22(26)16-19)33-25(29,30)31/h6-16H,2-5H2,1H3. The second-order valence-corrected chi connectivity index (χ2v) is 7.49. The van der Waals surface area contributed by atoms with Crippen molar-refractivity contribution in [2.24, 2.45) is 0 Å². The van der Waals surface area contributed by atoms with E-state index in [9.17, 15) is 26.3 Å². The van der Waals surface area contributed by atoms with Crippen LogP contribution < -0.4 is 9.47 Å². The van der Waals surface area contributed by atoms with Crippen molar-refractivity contribution in [3.05, 3.63) is 83.7 Å². The summed E-state index contributed by atoms with van der Waals surface area (Å²) in [4.78, 5) is 0. The zero-order valence-corrected chi connectivity index (χ0v) is 17.8. The van der Waals surface area contributed by atoms with Gasteiger partial charge in [0.15, 0.2) is 11.6 Å². The lowest BCUT2D eigenvalue weighted by Crippen LogP contribution is -2.21. The lowest BCUT2D eigenvalue weighted by atomic mass is 10.0. The molecule has 0 atom stereocenters. The van der Waals surface area contributed by atoms with Gasteiger partial charge in [-0.1, -0.05) is 50.1 Å². The monoisotopic (exact) mass is 468 g/mol. The fraction of sp³-hybridized carbons (Fsp3) is 0.280. The van der Waals surface area contributed by atoms with Crippen molar-refractivity contribution in [2.75, 3.05) is 0 Å². The van der Waals surface area contributed by atoms with Gasteiger partial charge in [0.2, 0.25) is 0 Å². The van der Waals surface area contributed by atoms with Crippen LogP contribution in [0.15, 0.2) is 66.7 Å². The number of alkyl halides is 5. The Morgan fingerprint density at radius 3 is 1.94 bits per heavy atom. The van der Waals surface area contributed by atoms with Crippen molar-refractivity contribution < 1.29 is 35.8 Å². The maximum Gasteiger partial charge on any atom is 0.573 e. The van der Waals surface area contributed by atoms with Gasteiger partial charge in [-0.25, -0.2) is 4.39 Å². The summed E-state index contributed by atoms with van der Waals surface area (Å²) >= 11 is 0. The highest BCUT2D eigenvalue weighted by atomic mass is 19.4. The molecular weight excluding hydrogens is 446 g/mol. The number of hydrogen-bond acceptors (Lipinski definition) is 2. The molecule has 0 aliphatic heterocycles. The van der Waals surface area contributed by atoms with Gasteiger partial charge in [0.05, 0.1) is 5.56 Å². The molecule has 0 fully saturated rings. The van der Waals surface area contributed by atoms with E-state index >= 15 is 0 Å². The average molecular weight is 468 g/mol. The molecule has 0 aliphatic carbocycles. The van der Waals surface area contributed by atoms with Gasteiger partial charge in [-0.2, -0.15) is 8.78 Å². The number of unbranched alkanes of at least 4 members (excludes halogenated alkanes) is 2. The minimum Gasteiger partial charge on any atom is -0.429 e. The molecule has 8 heteroatoms. The first kappa shape index (κ1) is 24.5. The Morgan fingerprint density at radius 1 is 0.727 bits per heavy atom. The van der Waals surface area contributed by atoms with Crippen LogP contribution in [0.25, 0.3) is 11.1 Å². The molecule has 3 rings (SSSR count). The third kappa shape index (κ3) is 6.91. The van der Waals surface area contributed by atoms with Crippen LogP contribution in [-0.2, 0) is 12.5 Å². The fourth-order valence-electron chi connectivity index (χ4n) is 3.25. The first-order valence-electron chi connectivity index (χ1n) is 10.4. The number of aryl methyl sites for hydroxylation is 1. The minimum absolute atomic E-state index is 0.117. The zero-order valence-electron chi connectivity index (χ0n) is 17.8. The summed E-state index contributed by atoms with van der Waals surface area (Å²) in [5, 5.41) is 0. The minimum atomic E-state index is -5.01. The zero-order chi connectivity index (χ0) is 24.1. The molecule has 0 amide bonds. The second-order valence-electron chi connectivity index (χ2n) is 7.49. The summed E-state index contributed by atoms with van der Waals surface area (Å²) in [6.07, 6.45) is -4.60. The molecule has 0 radical (unpaired) electrons. The van der Waals surface area contributed by atoms with E-state index in [1.165, 1.54) is 42.5 Å². The smallest absolute Gasteiger partial charge is 0.429 e. The molecule has 0 unspecified atom stereocenters. The third-order valence-corrected chi connectivity index (χ3v) is 4.95. The van der Waals surface area contributed by atoms with Gasteiger partial charge in [-0.15, -0.1) is 13.2 Å². The van der Waals surface area contributed by atoms with E-state index in [4.69, 9.17) is 4.74 Å².